The van der Waals surface area contributed by atoms with E-state index in [0.29, 0.717) is 6.04 Å². The lowest BCUT2D eigenvalue weighted by Gasteiger charge is -2.33. The van der Waals surface area contributed by atoms with Gasteiger partial charge < -0.3 is 15.4 Å². The van der Waals surface area contributed by atoms with Crippen LogP contribution in [0, 0.1) is 11.8 Å². The zero-order valence-corrected chi connectivity index (χ0v) is 13.2. The largest absolute Gasteiger partial charge is 0.484 e. The maximum atomic E-state index is 11.2. The number of ether oxygens (including phenoxy) is 1. The Morgan fingerprint density at radius 1 is 1.29 bits per heavy atom. The van der Waals surface area contributed by atoms with Gasteiger partial charge in [0, 0.05) is 24.8 Å². The third kappa shape index (κ3) is 4.66. The van der Waals surface area contributed by atoms with Gasteiger partial charge in [0.1, 0.15) is 5.75 Å². The number of benzene rings is 1. The zero-order valence-electron chi connectivity index (χ0n) is 13.2. The average molecular weight is 290 g/mol. The van der Waals surface area contributed by atoms with E-state index in [1.165, 1.54) is 19.3 Å². The zero-order chi connectivity index (χ0) is 15.2. The molecule has 1 amide bonds. The van der Waals surface area contributed by atoms with E-state index in [1.54, 1.807) is 7.05 Å². The van der Waals surface area contributed by atoms with Crippen molar-refractivity contribution in [3.63, 3.8) is 0 Å². The molecule has 3 atom stereocenters. The first-order chi connectivity index (χ1) is 10.1. The van der Waals surface area contributed by atoms with Crippen molar-refractivity contribution in [3.05, 3.63) is 24.3 Å². The van der Waals surface area contributed by atoms with E-state index in [0.717, 1.165) is 23.3 Å². The quantitative estimate of drug-likeness (QED) is 0.876. The molecule has 0 spiro atoms. The van der Waals surface area contributed by atoms with Crippen molar-refractivity contribution >= 4 is 11.6 Å². The topological polar surface area (TPSA) is 50.4 Å². The first-order valence-electron chi connectivity index (χ1n) is 7.78. The van der Waals surface area contributed by atoms with Gasteiger partial charge in [0.15, 0.2) is 6.61 Å². The molecular formula is C17H26N2O2. The normalized spacial score (nSPS) is 25.2. The van der Waals surface area contributed by atoms with E-state index < -0.39 is 0 Å². The summed E-state index contributed by atoms with van der Waals surface area (Å²) < 4.78 is 5.47. The summed E-state index contributed by atoms with van der Waals surface area (Å²) in [5, 5.41) is 6.14. The summed E-state index contributed by atoms with van der Waals surface area (Å²) in [7, 11) is 1.61. The summed E-state index contributed by atoms with van der Waals surface area (Å²) in [5.74, 6) is 2.19. The van der Waals surface area contributed by atoms with Gasteiger partial charge in [-0.05, 0) is 43.2 Å². The van der Waals surface area contributed by atoms with Crippen molar-refractivity contribution in [1.29, 1.82) is 0 Å². The molecule has 4 heteroatoms. The minimum absolute atomic E-state index is 0.0535. The Morgan fingerprint density at radius 2 is 2.10 bits per heavy atom. The van der Waals surface area contributed by atoms with E-state index >= 15 is 0 Å². The van der Waals surface area contributed by atoms with Gasteiger partial charge in [-0.3, -0.25) is 4.79 Å². The molecule has 1 saturated carbocycles. The predicted molar refractivity (Wildman–Crippen MR) is 85.6 cm³/mol. The molecule has 0 bridgehead atoms. The van der Waals surface area contributed by atoms with Crippen molar-refractivity contribution < 1.29 is 9.53 Å². The highest BCUT2D eigenvalue weighted by molar-refractivity contribution is 5.77. The monoisotopic (exact) mass is 290 g/mol. The second kappa shape index (κ2) is 7.34. The van der Waals surface area contributed by atoms with Crippen molar-refractivity contribution in [2.45, 2.75) is 39.2 Å². The number of hydrogen-bond acceptors (Lipinski definition) is 3. The van der Waals surface area contributed by atoms with Gasteiger partial charge >= 0.3 is 0 Å². The molecule has 116 valence electrons. The molecule has 1 fully saturated rings. The van der Waals surface area contributed by atoms with Gasteiger partial charge in [0.25, 0.3) is 5.91 Å². The fraction of sp³-hybridized carbons (Fsp3) is 0.588. The Bertz CT molecular complexity index is 476. The Hall–Kier alpha value is -1.71. The number of carbonyl (C=O) groups excluding carboxylic acids is 1. The summed E-state index contributed by atoms with van der Waals surface area (Å²) in [4.78, 5) is 11.2. The first-order valence-corrected chi connectivity index (χ1v) is 7.78. The Morgan fingerprint density at radius 3 is 2.81 bits per heavy atom. The summed E-state index contributed by atoms with van der Waals surface area (Å²) in [6.45, 7) is 4.73. The molecule has 1 aromatic rings. The molecule has 21 heavy (non-hydrogen) atoms. The second-order valence-electron chi connectivity index (χ2n) is 6.10. The molecule has 1 aliphatic carbocycles. The van der Waals surface area contributed by atoms with E-state index in [2.05, 4.69) is 30.5 Å². The third-order valence-electron chi connectivity index (χ3n) is 4.45. The molecule has 0 saturated heterocycles. The molecule has 4 nitrogen and oxygen atoms in total. The summed E-state index contributed by atoms with van der Waals surface area (Å²) in [6, 6.07) is 8.38. The van der Waals surface area contributed by atoms with Gasteiger partial charge in [-0.15, -0.1) is 0 Å². The number of carbonyl (C=O) groups is 1. The Balaban J connectivity index is 1.90. The maximum absolute atomic E-state index is 11.2. The van der Waals surface area contributed by atoms with Crippen LogP contribution in [0.4, 0.5) is 5.69 Å². The lowest BCUT2D eigenvalue weighted by atomic mass is 9.79. The summed E-state index contributed by atoms with van der Waals surface area (Å²) in [6.07, 6.45) is 3.71. The van der Waals surface area contributed by atoms with Crippen LogP contribution < -0.4 is 15.4 Å². The van der Waals surface area contributed by atoms with Crippen LogP contribution in [0.15, 0.2) is 24.3 Å². The van der Waals surface area contributed by atoms with Gasteiger partial charge in [-0.25, -0.2) is 0 Å². The minimum Gasteiger partial charge on any atom is -0.484 e. The van der Waals surface area contributed by atoms with E-state index in [4.69, 9.17) is 4.74 Å². The molecule has 2 rings (SSSR count). The predicted octanol–water partition coefficient (Wildman–Crippen LogP) is 3.05. The van der Waals surface area contributed by atoms with Gasteiger partial charge in [-0.2, -0.15) is 0 Å². The first kappa shape index (κ1) is 15.7. The van der Waals surface area contributed by atoms with Crippen LogP contribution in [0.1, 0.15) is 33.1 Å². The SMILES string of the molecule is CNC(=O)COc1cccc(NC2CCC(C)C(C)C2)c1. The van der Waals surface area contributed by atoms with Crippen LogP contribution in [-0.2, 0) is 4.79 Å². The number of anilines is 1. The number of amides is 1. The fourth-order valence-electron chi connectivity index (χ4n) is 2.81. The van der Waals surface area contributed by atoms with Crippen LogP contribution in [0.25, 0.3) is 0 Å². The molecule has 3 unspecified atom stereocenters. The molecule has 2 N–H and O–H groups in total. The molecule has 1 aliphatic rings. The standard InChI is InChI=1S/C17H26N2O2/c1-12-7-8-15(9-13(12)2)19-14-5-4-6-16(10-14)21-11-17(20)18-3/h4-6,10,12-13,15,19H,7-9,11H2,1-3H3,(H,18,20). The van der Waals surface area contributed by atoms with Gasteiger partial charge in [-0.1, -0.05) is 19.9 Å². The van der Waals surface area contributed by atoms with Crippen LogP contribution in [-0.4, -0.2) is 25.6 Å². The Labute approximate surface area is 127 Å². The van der Waals surface area contributed by atoms with Gasteiger partial charge in [0.05, 0.1) is 0 Å². The molecule has 0 radical (unpaired) electrons. The molecular weight excluding hydrogens is 264 g/mol. The van der Waals surface area contributed by atoms with Crippen LogP contribution in [0.5, 0.6) is 5.75 Å². The van der Waals surface area contributed by atoms with Crippen molar-refractivity contribution in [1.82, 2.24) is 5.32 Å². The van der Waals surface area contributed by atoms with Gasteiger partial charge in [0.2, 0.25) is 0 Å². The Kier molecular flexibility index (Phi) is 5.48. The smallest absolute Gasteiger partial charge is 0.257 e. The molecule has 0 aliphatic heterocycles. The maximum Gasteiger partial charge on any atom is 0.257 e. The summed E-state index contributed by atoms with van der Waals surface area (Å²) in [5.41, 5.74) is 1.07. The average Bonchev–Trinajstić information content (AvgIpc) is 2.49. The highest BCUT2D eigenvalue weighted by Crippen LogP contribution is 2.31. The highest BCUT2D eigenvalue weighted by atomic mass is 16.5. The van der Waals surface area contributed by atoms with Crippen molar-refractivity contribution in [2.75, 3.05) is 19.0 Å². The van der Waals surface area contributed by atoms with E-state index in [9.17, 15) is 4.79 Å². The molecule has 0 aromatic heterocycles. The van der Waals surface area contributed by atoms with Crippen LogP contribution in [0.2, 0.25) is 0 Å². The number of nitrogens with one attached hydrogen (secondary N) is 2. The number of rotatable bonds is 5. The number of hydrogen-bond donors (Lipinski definition) is 2. The minimum atomic E-state index is -0.122. The van der Waals surface area contributed by atoms with Crippen LogP contribution >= 0.6 is 0 Å². The molecule has 0 heterocycles. The molecule has 1 aromatic carbocycles. The van der Waals surface area contributed by atoms with E-state index in [-0.39, 0.29) is 12.5 Å². The second-order valence-corrected chi connectivity index (χ2v) is 6.10. The third-order valence-corrected chi connectivity index (χ3v) is 4.45. The summed E-state index contributed by atoms with van der Waals surface area (Å²) >= 11 is 0. The van der Waals surface area contributed by atoms with Crippen LogP contribution in [0.3, 0.4) is 0 Å². The van der Waals surface area contributed by atoms with Crippen molar-refractivity contribution in [2.24, 2.45) is 11.8 Å². The van der Waals surface area contributed by atoms with E-state index in [1.807, 2.05) is 18.2 Å². The fourth-order valence-corrected chi connectivity index (χ4v) is 2.81. The number of likely N-dealkylation sites (N-methyl/N-ethyl adjacent to an activating group) is 1. The lowest BCUT2D eigenvalue weighted by molar-refractivity contribution is -0.122. The lowest BCUT2D eigenvalue weighted by Crippen LogP contribution is -2.30. The highest BCUT2D eigenvalue weighted by Gasteiger charge is 2.24. The van der Waals surface area contributed by atoms with Crippen molar-refractivity contribution in [3.8, 4) is 5.75 Å².